The van der Waals surface area contributed by atoms with Gasteiger partial charge in [0.1, 0.15) is 0 Å². The molecule has 0 radical (unpaired) electrons. The minimum absolute atomic E-state index is 0.301. The van der Waals surface area contributed by atoms with E-state index >= 15 is 0 Å². The van der Waals surface area contributed by atoms with Crippen molar-refractivity contribution in [1.82, 2.24) is 4.90 Å². The van der Waals surface area contributed by atoms with Gasteiger partial charge in [-0.1, -0.05) is 0 Å². The third-order valence-corrected chi connectivity index (χ3v) is 2.99. The van der Waals surface area contributed by atoms with Gasteiger partial charge in [0.05, 0.1) is 12.0 Å². The zero-order chi connectivity index (χ0) is 7.84. The number of likely N-dealkylation sites (tertiary alicyclic amines) is 1. The topological polar surface area (TPSA) is 27.0 Å². The van der Waals surface area contributed by atoms with Crippen LogP contribution in [0.4, 0.5) is 0 Å². The second-order valence-electron chi connectivity index (χ2n) is 3.73. The summed E-state index contributed by atoms with van der Waals surface area (Å²) < 4.78 is 0. The normalized spacial score (nSPS) is 38.9. The van der Waals surface area contributed by atoms with E-state index in [4.69, 9.17) is 5.26 Å². The van der Waals surface area contributed by atoms with Gasteiger partial charge in [0.2, 0.25) is 0 Å². The van der Waals surface area contributed by atoms with Gasteiger partial charge in [-0.3, -0.25) is 4.90 Å². The summed E-state index contributed by atoms with van der Waals surface area (Å²) in [7, 11) is 0. The molecule has 60 valence electrons. The van der Waals surface area contributed by atoms with Crippen LogP contribution in [0.1, 0.15) is 26.2 Å². The van der Waals surface area contributed by atoms with Crippen LogP contribution in [-0.2, 0) is 0 Å². The highest BCUT2D eigenvalue weighted by Crippen LogP contribution is 2.35. The number of nitrogens with zero attached hydrogens (tertiary/aromatic N) is 2. The lowest BCUT2D eigenvalue weighted by atomic mass is 10.0. The van der Waals surface area contributed by atoms with Crippen LogP contribution in [0.2, 0.25) is 0 Å². The summed E-state index contributed by atoms with van der Waals surface area (Å²) in [5.74, 6) is 0.301. The molecule has 1 saturated carbocycles. The SMILES string of the molecule is CC1C(C#N)CCN1C1CC1. The largest absolute Gasteiger partial charge is 0.296 e. The van der Waals surface area contributed by atoms with Gasteiger partial charge in [0.15, 0.2) is 0 Å². The van der Waals surface area contributed by atoms with Gasteiger partial charge < -0.3 is 0 Å². The van der Waals surface area contributed by atoms with Crippen LogP contribution in [0.3, 0.4) is 0 Å². The Hall–Kier alpha value is -0.550. The van der Waals surface area contributed by atoms with Crippen LogP contribution in [0.25, 0.3) is 0 Å². The van der Waals surface area contributed by atoms with Crippen molar-refractivity contribution >= 4 is 0 Å². The zero-order valence-electron chi connectivity index (χ0n) is 6.95. The second-order valence-corrected chi connectivity index (χ2v) is 3.73. The maximum Gasteiger partial charge on any atom is 0.0672 e. The molecule has 0 aromatic carbocycles. The van der Waals surface area contributed by atoms with E-state index in [1.165, 1.54) is 12.8 Å². The molecule has 2 rings (SSSR count). The van der Waals surface area contributed by atoms with Crippen molar-refractivity contribution in [2.75, 3.05) is 6.54 Å². The minimum Gasteiger partial charge on any atom is -0.296 e. The Bertz CT molecular complexity index is 190. The molecule has 1 aliphatic carbocycles. The van der Waals surface area contributed by atoms with E-state index in [1.54, 1.807) is 0 Å². The molecule has 2 atom stereocenters. The van der Waals surface area contributed by atoms with E-state index in [0.29, 0.717) is 12.0 Å². The molecule has 0 amide bonds. The van der Waals surface area contributed by atoms with E-state index in [9.17, 15) is 0 Å². The summed E-state index contributed by atoms with van der Waals surface area (Å²) in [6.45, 7) is 3.35. The van der Waals surface area contributed by atoms with Crippen molar-refractivity contribution in [2.24, 2.45) is 5.92 Å². The van der Waals surface area contributed by atoms with E-state index in [0.717, 1.165) is 19.0 Å². The fourth-order valence-electron chi connectivity index (χ4n) is 2.06. The molecule has 2 unspecified atom stereocenters. The molecule has 0 spiro atoms. The van der Waals surface area contributed by atoms with Crippen molar-refractivity contribution in [3.8, 4) is 6.07 Å². The molecule has 1 heterocycles. The van der Waals surface area contributed by atoms with Crippen molar-refractivity contribution < 1.29 is 0 Å². The van der Waals surface area contributed by atoms with Crippen molar-refractivity contribution in [2.45, 2.75) is 38.3 Å². The fourth-order valence-corrected chi connectivity index (χ4v) is 2.06. The molecule has 2 aliphatic rings. The average Bonchev–Trinajstić information content (AvgIpc) is 2.77. The Kier molecular flexibility index (Phi) is 1.61. The Morgan fingerprint density at radius 1 is 1.36 bits per heavy atom. The maximum atomic E-state index is 8.78. The minimum atomic E-state index is 0.301. The molecule has 2 fully saturated rings. The molecular formula is C9H14N2. The first kappa shape index (κ1) is 7.12. The maximum absolute atomic E-state index is 8.78. The third kappa shape index (κ3) is 1.14. The van der Waals surface area contributed by atoms with Crippen LogP contribution in [0.15, 0.2) is 0 Å². The molecule has 2 heteroatoms. The first-order valence-electron chi connectivity index (χ1n) is 4.48. The van der Waals surface area contributed by atoms with Crippen molar-refractivity contribution in [3.63, 3.8) is 0 Å². The molecular weight excluding hydrogens is 136 g/mol. The van der Waals surface area contributed by atoms with Gasteiger partial charge in [-0.2, -0.15) is 5.26 Å². The summed E-state index contributed by atoms with van der Waals surface area (Å²) in [6, 6.07) is 3.74. The first-order chi connectivity index (χ1) is 5.33. The molecule has 1 aliphatic heterocycles. The van der Waals surface area contributed by atoms with Gasteiger partial charge in [0.25, 0.3) is 0 Å². The van der Waals surface area contributed by atoms with Crippen molar-refractivity contribution in [3.05, 3.63) is 0 Å². The lowest BCUT2D eigenvalue weighted by molar-refractivity contribution is 0.246. The van der Waals surface area contributed by atoms with Crippen LogP contribution in [0, 0.1) is 17.2 Å². The van der Waals surface area contributed by atoms with Crippen molar-refractivity contribution in [1.29, 1.82) is 5.26 Å². The van der Waals surface area contributed by atoms with E-state index in [-0.39, 0.29) is 0 Å². The van der Waals surface area contributed by atoms with E-state index in [1.807, 2.05) is 0 Å². The number of hydrogen-bond acceptors (Lipinski definition) is 2. The van der Waals surface area contributed by atoms with Crippen LogP contribution in [0.5, 0.6) is 0 Å². The first-order valence-corrected chi connectivity index (χ1v) is 4.48. The monoisotopic (exact) mass is 150 g/mol. The van der Waals surface area contributed by atoms with Gasteiger partial charge in [0, 0.05) is 18.6 Å². The zero-order valence-corrected chi connectivity index (χ0v) is 6.95. The molecule has 0 aromatic rings. The molecule has 0 aromatic heterocycles. The number of rotatable bonds is 1. The Morgan fingerprint density at radius 3 is 2.55 bits per heavy atom. The highest BCUT2D eigenvalue weighted by atomic mass is 15.2. The van der Waals surface area contributed by atoms with Gasteiger partial charge in [-0.05, 0) is 26.2 Å². The summed E-state index contributed by atoms with van der Waals surface area (Å²) in [4.78, 5) is 2.51. The van der Waals surface area contributed by atoms with E-state index in [2.05, 4.69) is 17.9 Å². The molecule has 0 bridgehead atoms. The van der Waals surface area contributed by atoms with Gasteiger partial charge in [-0.15, -0.1) is 0 Å². The fraction of sp³-hybridized carbons (Fsp3) is 0.889. The third-order valence-electron chi connectivity index (χ3n) is 2.99. The summed E-state index contributed by atoms with van der Waals surface area (Å²) >= 11 is 0. The Morgan fingerprint density at radius 2 is 2.09 bits per heavy atom. The molecule has 0 N–H and O–H groups in total. The molecule has 11 heavy (non-hydrogen) atoms. The average molecular weight is 150 g/mol. The highest BCUT2D eigenvalue weighted by Gasteiger charge is 2.39. The standard InChI is InChI=1S/C9H14N2/c1-7-8(6-10)4-5-11(7)9-2-3-9/h7-9H,2-5H2,1H3. The molecule has 2 nitrogen and oxygen atoms in total. The van der Waals surface area contributed by atoms with Crippen LogP contribution in [-0.4, -0.2) is 23.5 Å². The number of hydrogen-bond donors (Lipinski definition) is 0. The summed E-state index contributed by atoms with van der Waals surface area (Å²) in [6.07, 6.45) is 3.82. The smallest absolute Gasteiger partial charge is 0.0672 e. The Labute approximate surface area is 67.8 Å². The van der Waals surface area contributed by atoms with Gasteiger partial charge >= 0.3 is 0 Å². The summed E-state index contributed by atoms with van der Waals surface area (Å²) in [5.41, 5.74) is 0. The molecule has 1 saturated heterocycles. The highest BCUT2D eigenvalue weighted by molar-refractivity contribution is 5.01. The Balaban J connectivity index is 2.00. The lowest BCUT2D eigenvalue weighted by Crippen LogP contribution is -2.31. The number of nitriles is 1. The van der Waals surface area contributed by atoms with E-state index < -0.39 is 0 Å². The predicted octanol–water partition coefficient (Wildman–Crippen LogP) is 1.38. The quantitative estimate of drug-likeness (QED) is 0.564. The van der Waals surface area contributed by atoms with Crippen LogP contribution < -0.4 is 0 Å². The van der Waals surface area contributed by atoms with Crippen LogP contribution >= 0.6 is 0 Å². The summed E-state index contributed by atoms with van der Waals surface area (Å²) in [5, 5.41) is 8.78. The lowest BCUT2D eigenvalue weighted by Gasteiger charge is -2.21. The second kappa shape index (κ2) is 2.49. The van der Waals surface area contributed by atoms with Gasteiger partial charge in [-0.25, -0.2) is 0 Å². The predicted molar refractivity (Wildman–Crippen MR) is 42.9 cm³/mol.